The molecule has 20 heavy (non-hydrogen) atoms. The second-order valence-electron chi connectivity index (χ2n) is 8.33. The highest BCUT2D eigenvalue weighted by atomic mass is 16.5. The van der Waals surface area contributed by atoms with Gasteiger partial charge in [-0.2, -0.15) is 0 Å². The molecule has 0 spiro atoms. The lowest BCUT2D eigenvalue weighted by Crippen LogP contribution is -2.57. The van der Waals surface area contributed by atoms with Crippen molar-refractivity contribution in [3.8, 4) is 0 Å². The third-order valence-electron chi connectivity index (χ3n) is 6.75. The van der Waals surface area contributed by atoms with Crippen LogP contribution in [0.15, 0.2) is 11.1 Å². The average Bonchev–Trinajstić information content (AvgIpc) is 2.80. The predicted molar refractivity (Wildman–Crippen MR) is 83.5 cm³/mol. The van der Waals surface area contributed by atoms with Crippen LogP contribution < -0.4 is 5.32 Å². The van der Waals surface area contributed by atoms with Gasteiger partial charge in [-0.25, -0.2) is 0 Å². The Labute approximate surface area is 124 Å². The van der Waals surface area contributed by atoms with Crippen molar-refractivity contribution in [2.24, 2.45) is 16.7 Å². The molecular formula is C18H31NO. The number of rotatable bonds is 1. The zero-order chi connectivity index (χ0) is 14.6. The Hall–Kier alpha value is -0.340. The summed E-state index contributed by atoms with van der Waals surface area (Å²) >= 11 is 0. The van der Waals surface area contributed by atoms with E-state index in [9.17, 15) is 0 Å². The molecule has 114 valence electrons. The Morgan fingerprint density at radius 3 is 2.60 bits per heavy atom. The van der Waals surface area contributed by atoms with Crippen LogP contribution >= 0.6 is 0 Å². The SMILES string of the molecule is C[C@H]1CC2=C(C[C@@]1(C)[C@]1(C)NCCO1)C(C)(C)CCC2. The highest BCUT2D eigenvalue weighted by Crippen LogP contribution is 2.57. The van der Waals surface area contributed by atoms with Gasteiger partial charge in [-0.3, -0.25) is 5.32 Å². The third-order valence-corrected chi connectivity index (χ3v) is 6.75. The van der Waals surface area contributed by atoms with Crippen molar-refractivity contribution in [1.82, 2.24) is 5.32 Å². The maximum atomic E-state index is 6.17. The fourth-order valence-corrected chi connectivity index (χ4v) is 4.85. The number of allylic oxidation sites excluding steroid dienone is 2. The van der Waals surface area contributed by atoms with Crippen molar-refractivity contribution in [2.75, 3.05) is 13.2 Å². The van der Waals surface area contributed by atoms with Gasteiger partial charge in [0.05, 0.1) is 6.61 Å². The van der Waals surface area contributed by atoms with E-state index in [1.165, 1.54) is 32.1 Å². The van der Waals surface area contributed by atoms with Gasteiger partial charge in [0.15, 0.2) is 0 Å². The van der Waals surface area contributed by atoms with Crippen LogP contribution in [0.1, 0.15) is 66.7 Å². The minimum atomic E-state index is -0.154. The van der Waals surface area contributed by atoms with Crippen LogP contribution in [-0.4, -0.2) is 18.9 Å². The van der Waals surface area contributed by atoms with Crippen LogP contribution in [0.5, 0.6) is 0 Å². The molecule has 2 aliphatic carbocycles. The molecule has 3 rings (SSSR count). The summed E-state index contributed by atoms with van der Waals surface area (Å²) in [6, 6.07) is 0. The Bertz CT molecular complexity index is 431. The van der Waals surface area contributed by atoms with Gasteiger partial charge in [-0.15, -0.1) is 0 Å². The second kappa shape index (κ2) is 4.58. The van der Waals surface area contributed by atoms with Gasteiger partial charge in [0.1, 0.15) is 5.72 Å². The van der Waals surface area contributed by atoms with E-state index in [0.717, 1.165) is 13.2 Å². The van der Waals surface area contributed by atoms with Crippen LogP contribution in [0.2, 0.25) is 0 Å². The molecule has 0 radical (unpaired) electrons. The van der Waals surface area contributed by atoms with Crippen LogP contribution in [0, 0.1) is 16.7 Å². The zero-order valence-corrected chi connectivity index (χ0v) is 13.9. The van der Waals surface area contributed by atoms with Gasteiger partial charge in [0, 0.05) is 12.0 Å². The molecule has 1 N–H and O–H groups in total. The molecule has 0 unspecified atom stereocenters. The summed E-state index contributed by atoms with van der Waals surface area (Å²) in [5.41, 5.74) is 3.97. The molecule has 3 aliphatic rings. The molecule has 1 aliphatic heterocycles. The van der Waals surface area contributed by atoms with Gasteiger partial charge in [-0.05, 0) is 50.4 Å². The molecule has 0 amide bonds. The van der Waals surface area contributed by atoms with Crippen LogP contribution in [0.4, 0.5) is 0 Å². The Balaban J connectivity index is 1.98. The number of hydrogen-bond donors (Lipinski definition) is 1. The van der Waals surface area contributed by atoms with E-state index in [1.807, 2.05) is 0 Å². The normalized spacial score (nSPS) is 44.5. The molecule has 0 saturated carbocycles. The first-order valence-corrected chi connectivity index (χ1v) is 8.39. The molecule has 0 aromatic heterocycles. The summed E-state index contributed by atoms with van der Waals surface area (Å²) in [5, 5.41) is 3.65. The van der Waals surface area contributed by atoms with Gasteiger partial charge in [0.2, 0.25) is 0 Å². The second-order valence-corrected chi connectivity index (χ2v) is 8.33. The Morgan fingerprint density at radius 1 is 1.20 bits per heavy atom. The maximum Gasteiger partial charge on any atom is 0.122 e. The van der Waals surface area contributed by atoms with E-state index in [1.54, 1.807) is 11.1 Å². The molecule has 0 aromatic rings. The molecule has 1 saturated heterocycles. The van der Waals surface area contributed by atoms with Gasteiger partial charge >= 0.3 is 0 Å². The highest BCUT2D eigenvalue weighted by molar-refractivity contribution is 5.30. The standard InChI is InChI=1S/C18H31NO/c1-13-11-14-7-6-8-16(2,3)15(14)12-17(13,4)18(5)19-9-10-20-18/h13,19H,6-12H2,1-5H3/t13-,17+,18+/m0/s1. The highest BCUT2D eigenvalue weighted by Gasteiger charge is 2.54. The van der Waals surface area contributed by atoms with Crippen LogP contribution in [-0.2, 0) is 4.74 Å². The summed E-state index contributed by atoms with van der Waals surface area (Å²) in [6.07, 6.45) is 6.54. The van der Waals surface area contributed by atoms with E-state index < -0.39 is 0 Å². The summed E-state index contributed by atoms with van der Waals surface area (Å²) in [7, 11) is 0. The topological polar surface area (TPSA) is 21.3 Å². The predicted octanol–water partition coefficient (Wildman–Crippen LogP) is 4.27. The molecule has 2 heteroatoms. The lowest BCUT2D eigenvalue weighted by Gasteiger charge is -2.54. The van der Waals surface area contributed by atoms with E-state index >= 15 is 0 Å². The van der Waals surface area contributed by atoms with Gasteiger partial charge in [0.25, 0.3) is 0 Å². The quantitative estimate of drug-likeness (QED) is 0.723. The van der Waals surface area contributed by atoms with E-state index in [0.29, 0.717) is 11.3 Å². The van der Waals surface area contributed by atoms with Crippen LogP contribution in [0.25, 0.3) is 0 Å². The average molecular weight is 277 g/mol. The molecule has 2 nitrogen and oxygen atoms in total. The summed E-state index contributed by atoms with van der Waals surface area (Å²) in [4.78, 5) is 0. The first-order valence-electron chi connectivity index (χ1n) is 8.39. The maximum absolute atomic E-state index is 6.17. The minimum Gasteiger partial charge on any atom is -0.359 e. The number of nitrogens with one attached hydrogen (secondary N) is 1. The third kappa shape index (κ3) is 1.99. The number of ether oxygens (including phenoxy) is 1. The molecule has 0 bridgehead atoms. The zero-order valence-electron chi connectivity index (χ0n) is 13.9. The number of hydrogen-bond acceptors (Lipinski definition) is 2. The molecule has 1 fully saturated rings. The van der Waals surface area contributed by atoms with Crippen molar-refractivity contribution in [3.05, 3.63) is 11.1 Å². The fraction of sp³-hybridized carbons (Fsp3) is 0.889. The van der Waals surface area contributed by atoms with Crippen molar-refractivity contribution >= 4 is 0 Å². The molecular weight excluding hydrogens is 246 g/mol. The lowest BCUT2D eigenvalue weighted by molar-refractivity contribution is -0.123. The van der Waals surface area contributed by atoms with Crippen molar-refractivity contribution < 1.29 is 4.74 Å². The van der Waals surface area contributed by atoms with Crippen molar-refractivity contribution in [2.45, 2.75) is 72.4 Å². The van der Waals surface area contributed by atoms with E-state index in [4.69, 9.17) is 4.74 Å². The summed E-state index contributed by atoms with van der Waals surface area (Å²) in [6.45, 7) is 13.9. The molecule has 1 heterocycles. The monoisotopic (exact) mass is 277 g/mol. The Kier molecular flexibility index (Phi) is 3.34. The van der Waals surface area contributed by atoms with Crippen molar-refractivity contribution in [3.63, 3.8) is 0 Å². The molecule has 3 atom stereocenters. The van der Waals surface area contributed by atoms with Crippen LogP contribution in [0.3, 0.4) is 0 Å². The first kappa shape index (κ1) is 14.6. The summed E-state index contributed by atoms with van der Waals surface area (Å²) in [5.74, 6) is 0.686. The largest absolute Gasteiger partial charge is 0.359 e. The lowest BCUT2D eigenvalue weighted by atomic mass is 9.55. The van der Waals surface area contributed by atoms with Gasteiger partial charge < -0.3 is 4.74 Å². The molecule has 0 aromatic carbocycles. The van der Waals surface area contributed by atoms with Crippen molar-refractivity contribution in [1.29, 1.82) is 0 Å². The minimum absolute atomic E-state index is 0.154. The summed E-state index contributed by atoms with van der Waals surface area (Å²) < 4.78 is 6.17. The van der Waals surface area contributed by atoms with E-state index in [2.05, 4.69) is 39.9 Å². The smallest absolute Gasteiger partial charge is 0.122 e. The van der Waals surface area contributed by atoms with Gasteiger partial charge in [-0.1, -0.05) is 38.8 Å². The first-order chi connectivity index (χ1) is 9.29. The fourth-order valence-electron chi connectivity index (χ4n) is 4.85. The van der Waals surface area contributed by atoms with E-state index in [-0.39, 0.29) is 11.1 Å². The Morgan fingerprint density at radius 2 is 1.95 bits per heavy atom.